The van der Waals surface area contributed by atoms with Gasteiger partial charge in [-0.15, -0.1) is 0 Å². The van der Waals surface area contributed by atoms with Gasteiger partial charge in [-0.2, -0.15) is 0 Å². The third-order valence-corrected chi connectivity index (χ3v) is 4.78. The molecule has 7 heteroatoms. The average Bonchev–Trinajstić information content (AvgIpc) is 3.20. The van der Waals surface area contributed by atoms with Crippen molar-refractivity contribution < 1.29 is 18.4 Å². The number of carbonyl (C=O) groups excluding carboxylic acids is 2. The van der Waals surface area contributed by atoms with Crippen molar-refractivity contribution in [2.45, 2.75) is 44.2 Å². The predicted molar refractivity (Wildman–Crippen MR) is 85.4 cm³/mol. The van der Waals surface area contributed by atoms with E-state index in [2.05, 4.69) is 15.5 Å². The van der Waals surface area contributed by atoms with Crippen molar-refractivity contribution in [1.29, 1.82) is 0 Å². The zero-order valence-corrected chi connectivity index (χ0v) is 13.4. The maximum Gasteiger partial charge on any atom is 0.313 e. The summed E-state index contributed by atoms with van der Waals surface area (Å²) in [5, 5.41) is 4.87. The Balaban J connectivity index is 1.50. The van der Waals surface area contributed by atoms with Crippen molar-refractivity contribution in [2.24, 2.45) is 0 Å². The maximum atomic E-state index is 13.5. The van der Waals surface area contributed by atoms with E-state index in [4.69, 9.17) is 0 Å². The van der Waals surface area contributed by atoms with Gasteiger partial charge in [0, 0.05) is 31.2 Å². The second kappa shape index (κ2) is 7.25. The average molecular weight is 337 g/mol. The predicted octanol–water partition coefficient (Wildman–Crippen LogP) is 2.04. The molecular formula is C17H21F2N3O2. The summed E-state index contributed by atoms with van der Waals surface area (Å²) in [7, 11) is 0. The molecule has 0 spiro atoms. The minimum absolute atomic E-state index is 0.0677. The molecule has 1 aromatic rings. The summed E-state index contributed by atoms with van der Waals surface area (Å²) in [6, 6.07) is 3.29. The van der Waals surface area contributed by atoms with E-state index in [1.807, 2.05) is 0 Å². The van der Waals surface area contributed by atoms with Crippen LogP contribution in [-0.4, -0.2) is 41.9 Å². The van der Waals surface area contributed by atoms with E-state index < -0.39 is 23.4 Å². The molecule has 1 aliphatic heterocycles. The largest absolute Gasteiger partial charge is 0.344 e. The quantitative estimate of drug-likeness (QED) is 0.830. The number of hydrogen-bond acceptors (Lipinski definition) is 3. The van der Waals surface area contributed by atoms with Crippen molar-refractivity contribution >= 4 is 17.5 Å². The SMILES string of the molecule is O=C(Nc1ccc(F)cc1F)C(=O)NC1CCN(C2CCCC2)C1. The number of anilines is 1. The highest BCUT2D eigenvalue weighted by Crippen LogP contribution is 2.26. The number of benzene rings is 1. The molecule has 24 heavy (non-hydrogen) atoms. The van der Waals surface area contributed by atoms with Crippen molar-refractivity contribution in [3.8, 4) is 0 Å². The summed E-state index contributed by atoms with van der Waals surface area (Å²) < 4.78 is 26.4. The molecule has 2 N–H and O–H groups in total. The molecule has 2 aliphatic rings. The minimum Gasteiger partial charge on any atom is -0.344 e. The molecule has 1 unspecified atom stereocenters. The summed E-state index contributed by atoms with van der Waals surface area (Å²) in [6.07, 6.45) is 5.71. The molecule has 1 aliphatic carbocycles. The van der Waals surface area contributed by atoms with Gasteiger partial charge >= 0.3 is 11.8 Å². The summed E-state index contributed by atoms with van der Waals surface area (Å²) in [5.74, 6) is -3.39. The lowest BCUT2D eigenvalue weighted by atomic mass is 10.2. The highest BCUT2D eigenvalue weighted by molar-refractivity contribution is 6.39. The van der Waals surface area contributed by atoms with E-state index in [0.29, 0.717) is 12.1 Å². The van der Waals surface area contributed by atoms with E-state index in [-0.39, 0.29) is 11.7 Å². The van der Waals surface area contributed by atoms with Crippen LogP contribution in [0.4, 0.5) is 14.5 Å². The fourth-order valence-electron chi connectivity index (χ4n) is 3.53. The van der Waals surface area contributed by atoms with Crippen LogP contribution in [0.2, 0.25) is 0 Å². The molecule has 2 fully saturated rings. The smallest absolute Gasteiger partial charge is 0.313 e. The number of amides is 2. The number of nitrogens with one attached hydrogen (secondary N) is 2. The Labute approximate surface area is 139 Å². The van der Waals surface area contributed by atoms with Gasteiger partial charge in [0.25, 0.3) is 0 Å². The molecule has 0 radical (unpaired) electrons. The number of rotatable bonds is 3. The normalized spacial score (nSPS) is 21.8. The van der Waals surface area contributed by atoms with Gasteiger partial charge in [0.1, 0.15) is 11.6 Å². The van der Waals surface area contributed by atoms with Crippen molar-refractivity contribution in [2.75, 3.05) is 18.4 Å². The number of hydrogen-bond donors (Lipinski definition) is 2. The Hall–Kier alpha value is -2.02. The zero-order chi connectivity index (χ0) is 17.1. The van der Waals surface area contributed by atoms with Gasteiger partial charge in [-0.25, -0.2) is 8.78 Å². The molecule has 1 aromatic carbocycles. The first-order valence-electron chi connectivity index (χ1n) is 8.34. The standard InChI is InChI=1S/C17H21F2N3O2/c18-11-5-6-15(14(19)9-11)21-17(24)16(23)20-12-7-8-22(10-12)13-3-1-2-4-13/h5-6,9,12-13H,1-4,7-8,10H2,(H,20,23)(H,21,24). The van der Waals surface area contributed by atoms with E-state index in [1.54, 1.807) is 0 Å². The van der Waals surface area contributed by atoms with Gasteiger partial charge in [0.05, 0.1) is 5.69 Å². The van der Waals surface area contributed by atoms with E-state index >= 15 is 0 Å². The summed E-state index contributed by atoms with van der Waals surface area (Å²) in [4.78, 5) is 26.2. The Kier molecular flexibility index (Phi) is 5.08. The fourth-order valence-corrected chi connectivity index (χ4v) is 3.53. The fraction of sp³-hybridized carbons (Fsp3) is 0.529. The lowest BCUT2D eigenvalue weighted by Crippen LogP contribution is -2.44. The summed E-state index contributed by atoms with van der Waals surface area (Å²) in [5.41, 5.74) is -0.212. The van der Waals surface area contributed by atoms with E-state index in [1.165, 1.54) is 25.7 Å². The highest BCUT2D eigenvalue weighted by atomic mass is 19.1. The Bertz CT molecular complexity index is 632. The molecule has 1 saturated heterocycles. The van der Waals surface area contributed by atoms with Crippen LogP contribution in [0, 0.1) is 11.6 Å². The van der Waals surface area contributed by atoms with Gasteiger partial charge in [-0.3, -0.25) is 14.5 Å². The van der Waals surface area contributed by atoms with Crippen LogP contribution in [-0.2, 0) is 9.59 Å². The molecule has 130 valence electrons. The third kappa shape index (κ3) is 3.90. The van der Waals surface area contributed by atoms with Crippen molar-refractivity contribution in [3.63, 3.8) is 0 Å². The lowest BCUT2D eigenvalue weighted by Gasteiger charge is -2.23. The maximum absolute atomic E-state index is 13.5. The van der Waals surface area contributed by atoms with Crippen LogP contribution < -0.4 is 10.6 Å². The molecule has 3 rings (SSSR count). The summed E-state index contributed by atoms with van der Waals surface area (Å²) in [6.45, 7) is 1.67. The van der Waals surface area contributed by atoms with E-state index in [0.717, 1.165) is 31.6 Å². The van der Waals surface area contributed by atoms with Crippen LogP contribution in [0.3, 0.4) is 0 Å². The molecular weight excluding hydrogens is 316 g/mol. The van der Waals surface area contributed by atoms with Gasteiger partial charge in [0.2, 0.25) is 0 Å². The molecule has 5 nitrogen and oxygen atoms in total. The van der Waals surface area contributed by atoms with Crippen LogP contribution >= 0.6 is 0 Å². The van der Waals surface area contributed by atoms with Crippen LogP contribution in [0.1, 0.15) is 32.1 Å². The second-order valence-corrected chi connectivity index (χ2v) is 6.47. The van der Waals surface area contributed by atoms with E-state index in [9.17, 15) is 18.4 Å². The first-order valence-corrected chi connectivity index (χ1v) is 8.34. The molecule has 1 saturated carbocycles. The molecule has 2 amide bonds. The molecule has 1 heterocycles. The van der Waals surface area contributed by atoms with Crippen LogP contribution in [0.25, 0.3) is 0 Å². The highest BCUT2D eigenvalue weighted by Gasteiger charge is 2.31. The van der Waals surface area contributed by atoms with Crippen LogP contribution in [0.15, 0.2) is 18.2 Å². The monoisotopic (exact) mass is 337 g/mol. The minimum atomic E-state index is -0.945. The lowest BCUT2D eigenvalue weighted by molar-refractivity contribution is -0.136. The Morgan fingerprint density at radius 3 is 2.54 bits per heavy atom. The van der Waals surface area contributed by atoms with Crippen LogP contribution in [0.5, 0.6) is 0 Å². The first kappa shape index (κ1) is 16.8. The topological polar surface area (TPSA) is 61.4 Å². The second-order valence-electron chi connectivity index (χ2n) is 6.47. The van der Waals surface area contributed by atoms with Gasteiger partial charge in [0.15, 0.2) is 0 Å². The first-order chi connectivity index (χ1) is 11.5. The molecule has 0 aromatic heterocycles. The molecule has 0 bridgehead atoms. The number of nitrogens with zero attached hydrogens (tertiary/aromatic N) is 1. The Morgan fingerprint density at radius 1 is 1.08 bits per heavy atom. The number of carbonyl (C=O) groups is 2. The summed E-state index contributed by atoms with van der Waals surface area (Å²) >= 11 is 0. The van der Waals surface area contributed by atoms with Gasteiger partial charge in [-0.05, 0) is 31.4 Å². The number of likely N-dealkylation sites (tertiary alicyclic amines) is 1. The third-order valence-electron chi connectivity index (χ3n) is 4.78. The van der Waals surface area contributed by atoms with Crippen molar-refractivity contribution in [3.05, 3.63) is 29.8 Å². The Morgan fingerprint density at radius 2 is 1.83 bits per heavy atom. The van der Waals surface area contributed by atoms with Gasteiger partial charge in [-0.1, -0.05) is 12.8 Å². The van der Waals surface area contributed by atoms with Crippen molar-refractivity contribution in [1.82, 2.24) is 10.2 Å². The van der Waals surface area contributed by atoms with Gasteiger partial charge < -0.3 is 10.6 Å². The zero-order valence-electron chi connectivity index (χ0n) is 13.4. The molecule has 1 atom stereocenters. The number of halogens is 2.